The van der Waals surface area contributed by atoms with Crippen molar-refractivity contribution in [3.05, 3.63) is 59.7 Å². The molecule has 4 rings (SSSR count). The number of aryl methyl sites for hydroxylation is 1. The van der Waals surface area contributed by atoms with Gasteiger partial charge in [0.15, 0.2) is 5.76 Å². The zero-order valence-corrected chi connectivity index (χ0v) is 16.4. The monoisotopic (exact) mass is 383 g/mol. The lowest BCUT2D eigenvalue weighted by molar-refractivity contribution is 0.0874. The molecule has 0 spiro atoms. The van der Waals surface area contributed by atoms with E-state index < -0.39 is 0 Å². The number of halogens is 1. The van der Waals surface area contributed by atoms with Crippen LogP contribution >= 0.6 is 0 Å². The van der Waals surface area contributed by atoms with Gasteiger partial charge in [-0.3, -0.25) is 4.90 Å². The van der Waals surface area contributed by atoms with Gasteiger partial charge in [0, 0.05) is 32.0 Å². The van der Waals surface area contributed by atoms with Crippen LogP contribution in [0.1, 0.15) is 24.2 Å². The van der Waals surface area contributed by atoms with Crippen LogP contribution in [-0.4, -0.2) is 41.5 Å². The van der Waals surface area contributed by atoms with E-state index in [2.05, 4.69) is 4.90 Å². The minimum atomic E-state index is -0.275. The molecule has 0 aliphatic carbocycles. The molecule has 1 aliphatic rings. The van der Waals surface area contributed by atoms with Gasteiger partial charge in [0.05, 0.1) is 12.3 Å². The van der Waals surface area contributed by atoms with Crippen LogP contribution in [0.4, 0.5) is 4.39 Å². The zero-order chi connectivity index (χ0) is 19.5. The zero-order valence-electron chi connectivity index (χ0n) is 16.4. The molecule has 1 saturated heterocycles. The molecule has 5 nitrogen and oxygen atoms in total. The molecule has 1 aliphatic heterocycles. The number of nitrogens with zero attached hydrogens (tertiary/aromatic N) is 3. The Morgan fingerprint density at radius 1 is 1.29 bits per heavy atom. The average molecular weight is 383 g/mol. The summed E-state index contributed by atoms with van der Waals surface area (Å²) >= 11 is 0. The van der Waals surface area contributed by atoms with Gasteiger partial charge in [-0.05, 0) is 62.6 Å². The topological polar surface area (TPSA) is 43.4 Å². The summed E-state index contributed by atoms with van der Waals surface area (Å²) in [7, 11) is 1.76. The second kappa shape index (κ2) is 8.29. The standard InChI is InChI=1S/C22H26FN3O2/c1-16-8-9-21(28-16)22-18(13-25-10-4-5-17(12-25)15-27-2)14-26(24-22)20-7-3-6-19(23)11-20/h3,6-9,11,14,17H,4-5,10,12-13,15H2,1-2H3/t17-/m0/s1. The molecule has 28 heavy (non-hydrogen) atoms. The SMILES string of the molecule is COC[C@H]1CCCN(Cc2cn(-c3cccc(F)c3)nc2-c2ccc(C)o2)C1. The number of methoxy groups -OCH3 is 1. The Hall–Kier alpha value is -2.44. The summed E-state index contributed by atoms with van der Waals surface area (Å²) < 4.78 is 26.6. The maximum atomic E-state index is 13.7. The van der Waals surface area contributed by atoms with E-state index in [1.807, 2.05) is 31.3 Å². The molecule has 0 saturated carbocycles. The lowest BCUT2D eigenvalue weighted by Crippen LogP contribution is -2.36. The van der Waals surface area contributed by atoms with E-state index in [1.54, 1.807) is 17.9 Å². The molecule has 0 radical (unpaired) electrons. The van der Waals surface area contributed by atoms with Gasteiger partial charge >= 0.3 is 0 Å². The maximum Gasteiger partial charge on any atom is 0.154 e. The predicted octanol–water partition coefficient (Wildman–Crippen LogP) is 4.44. The van der Waals surface area contributed by atoms with Gasteiger partial charge in [-0.15, -0.1) is 0 Å². The summed E-state index contributed by atoms with van der Waals surface area (Å²) in [5.41, 5.74) is 2.59. The summed E-state index contributed by atoms with van der Waals surface area (Å²) in [5.74, 6) is 1.88. The number of hydrogen-bond donors (Lipinski definition) is 0. The Morgan fingerprint density at radius 3 is 2.93 bits per heavy atom. The fourth-order valence-corrected chi connectivity index (χ4v) is 3.95. The summed E-state index contributed by atoms with van der Waals surface area (Å²) in [6.45, 7) is 5.57. The van der Waals surface area contributed by atoms with E-state index in [4.69, 9.17) is 14.3 Å². The summed E-state index contributed by atoms with van der Waals surface area (Å²) in [4.78, 5) is 2.44. The van der Waals surface area contributed by atoms with Crippen molar-refractivity contribution in [2.75, 3.05) is 26.8 Å². The molecule has 2 aromatic heterocycles. The van der Waals surface area contributed by atoms with Crippen molar-refractivity contribution in [2.24, 2.45) is 5.92 Å². The van der Waals surface area contributed by atoms with Crippen molar-refractivity contribution < 1.29 is 13.5 Å². The molecule has 1 aromatic carbocycles. The molecule has 0 N–H and O–H groups in total. The number of furan rings is 1. The van der Waals surface area contributed by atoms with E-state index in [9.17, 15) is 4.39 Å². The maximum absolute atomic E-state index is 13.7. The molecule has 1 fully saturated rings. The van der Waals surface area contributed by atoms with Gasteiger partial charge in [0.1, 0.15) is 17.3 Å². The minimum absolute atomic E-state index is 0.275. The predicted molar refractivity (Wildman–Crippen MR) is 106 cm³/mol. The molecule has 1 atom stereocenters. The van der Waals surface area contributed by atoms with Gasteiger partial charge in [0.2, 0.25) is 0 Å². The first-order valence-electron chi connectivity index (χ1n) is 9.75. The van der Waals surface area contributed by atoms with Crippen LogP contribution in [0.25, 0.3) is 17.1 Å². The van der Waals surface area contributed by atoms with E-state index >= 15 is 0 Å². The van der Waals surface area contributed by atoms with Crippen molar-refractivity contribution in [1.82, 2.24) is 14.7 Å². The highest BCUT2D eigenvalue weighted by atomic mass is 19.1. The third-order valence-electron chi connectivity index (χ3n) is 5.24. The lowest BCUT2D eigenvalue weighted by atomic mass is 9.98. The molecule has 0 amide bonds. The first-order valence-corrected chi connectivity index (χ1v) is 9.75. The fraction of sp³-hybridized carbons (Fsp3) is 0.409. The Labute approximate surface area is 164 Å². The Kier molecular flexibility index (Phi) is 5.59. The van der Waals surface area contributed by atoms with Crippen LogP contribution < -0.4 is 0 Å². The third kappa shape index (κ3) is 4.18. The van der Waals surface area contributed by atoms with Crippen LogP contribution in [0.2, 0.25) is 0 Å². The van der Waals surface area contributed by atoms with Gasteiger partial charge in [-0.1, -0.05) is 6.07 Å². The van der Waals surface area contributed by atoms with E-state index in [1.165, 1.54) is 25.0 Å². The Balaban J connectivity index is 1.64. The molecular weight excluding hydrogens is 357 g/mol. The van der Waals surface area contributed by atoms with E-state index in [0.29, 0.717) is 11.6 Å². The number of piperidine rings is 1. The number of hydrogen-bond acceptors (Lipinski definition) is 4. The van der Waals surface area contributed by atoms with Crippen molar-refractivity contribution >= 4 is 0 Å². The van der Waals surface area contributed by atoms with E-state index in [0.717, 1.165) is 49.0 Å². The van der Waals surface area contributed by atoms with Crippen LogP contribution in [0.3, 0.4) is 0 Å². The number of rotatable bonds is 6. The molecular formula is C22H26FN3O2. The second-order valence-electron chi connectivity index (χ2n) is 7.54. The summed E-state index contributed by atoms with van der Waals surface area (Å²) in [6, 6.07) is 10.4. The highest BCUT2D eigenvalue weighted by molar-refractivity contribution is 5.58. The van der Waals surface area contributed by atoms with Crippen molar-refractivity contribution in [3.63, 3.8) is 0 Å². The minimum Gasteiger partial charge on any atom is -0.460 e. The number of benzene rings is 1. The molecule has 0 unspecified atom stereocenters. The first-order chi connectivity index (χ1) is 13.6. The second-order valence-corrected chi connectivity index (χ2v) is 7.54. The molecule has 3 aromatic rings. The van der Waals surface area contributed by atoms with Crippen LogP contribution in [-0.2, 0) is 11.3 Å². The normalized spacial score (nSPS) is 17.9. The lowest BCUT2D eigenvalue weighted by Gasteiger charge is -2.32. The van der Waals surface area contributed by atoms with E-state index in [-0.39, 0.29) is 5.82 Å². The largest absolute Gasteiger partial charge is 0.460 e. The van der Waals surface area contributed by atoms with Gasteiger partial charge < -0.3 is 9.15 Å². The van der Waals surface area contributed by atoms with Crippen LogP contribution in [0.15, 0.2) is 47.0 Å². The molecule has 148 valence electrons. The number of likely N-dealkylation sites (tertiary alicyclic amines) is 1. The smallest absolute Gasteiger partial charge is 0.154 e. The van der Waals surface area contributed by atoms with Gasteiger partial charge in [-0.25, -0.2) is 9.07 Å². The van der Waals surface area contributed by atoms with Crippen LogP contribution in [0.5, 0.6) is 0 Å². The average Bonchev–Trinajstić information content (AvgIpc) is 3.29. The molecule has 0 bridgehead atoms. The highest BCUT2D eigenvalue weighted by Gasteiger charge is 2.23. The van der Waals surface area contributed by atoms with Gasteiger partial charge in [0.25, 0.3) is 0 Å². The Morgan fingerprint density at radius 2 is 2.18 bits per heavy atom. The van der Waals surface area contributed by atoms with Crippen molar-refractivity contribution in [1.29, 1.82) is 0 Å². The van der Waals surface area contributed by atoms with Crippen molar-refractivity contribution in [2.45, 2.75) is 26.3 Å². The number of aromatic nitrogens is 2. The number of ether oxygens (including phenoxy) is 1. The van der Waals surface area contributed by atoms with Gasteiger partial charge in [-0.2, -0.15) is 5.10 Å². The Bertz CT molecular complexity index is 932. The highest BCUT2D eigenvalue weighted by Crippen LogP contribution is 2.28. The summed E-state index contributed by atoms with van der Waals surface area (Å²) in [6.07, 6.45) is 4.36. The molecule has 6 heteroatoms. The van der Waals surface area contributed by atoms with Crippen LogP contribution in [0, 0.1) is 18.7 Å². The molecule has 3 heterocycles. The quantitative estimate of drug-likeness (QED) is 0.631. The third-order valence-corrected chi connectivity index (χ3v) is 5.24. The summed E-state index contributed by atoms with van der Waals surface area (Å²) in [5, 5.41) is 4.73. The van der Waals surface area contributed by atoms with Crippen molar-refractivity contribution in [3.8, 4) is 17.1 Å². The fourth-order valence-electron chi connectivity index (χ4n) is 3.95. The first kappa shape index (κ1) is 18.9.